The summed E-state index contributed by atoms with van der Waals surface area (Å²) >= 11 is 0. The van der Waals surface area contributed by atoms with E-state index in [0.29, 0.717) is 6.07 Å². The van der Waals surface area contributed by atoms with Crippen LogP contribution in [0.3, 0.4) is 0 Å². The van der Waals surface area contributed by atoms with Crippen molar-refractivity contribution in [3.8, 4) is 0 Å². The molecule has 0 saturated carbocycles. The molecule has 2 N–H and O–H groups in total. The third-order valence-electron chi connectivity index (χ3n) is 1.66. The van der Waals surface area contributed by atoms with E-state index in [1.807, 2.05) is 0 Å². The SMILES string of the molecule is Cc1cc(C(F)(F)F)cc(F)c1N. The smallest absolute Gasteiger partial charge is 0.396 e. The van der Waals surface area contributed by atoms with Crippen molar-refractivity contribution < 1.29 is 17.6 Å². The molecular weight excluding hydrogens is 186 g/mol. The van der Waals surface area contributed by atoms with E-state index in [0.717, 1.165) is 6.07 Å². The zero-order valence-corrected chi connectivity index (χ0v) is 6.74. The van der Waals surface area contributed by atoms with Crippen LogP contribution in [0, 0.1) is 12.7 Å². The molecular formula is C8H7F4N. The summed E-state index contributed by atoms with van der Waals surface area (Å²) in [4.78, 5) is 0. The summed E-state index contributed by atoms with van der Waals surface area (Å²) in [6, 6.07) is 1.21. The molecule has 0 amide bonds. The predicted molar refractivity (Wildman–Crippen MR) is 40.6 cm³/mol. The Balaban J connectivity index is 3.29. The summed E-state index contributed by atoms with van der Waals surface area (Å²) in [7, 11) is 0. The Morgan fingerprint density at radius 3 is 2.15 bits per heavy atom. The summed E-state index contributed by atoms with van der Waals surface area (Å²) in [5.74, 6) is -1.03. The predicted octanol–water partition coefficient (Wildman–Crippen LogP) is 2.74. The van der Waals surface area contributed by atoms with Gasteiger partial charge in [0.25, 0.3) is 0 Å². The van der Waals surface area contributed by atoms with Crippen molar-refractivity contribution >= 4 is 5.69 Å². The molecule has 1 nitrogen and oxygen atoms in total. The van der Waals surface area contributed by atoms with Crippen molar-refractivity contribution in [2.75, 3.05) is 5.73 Å². The topological polar surface area (TPSA) is 26.0 Å². The lowest BCUT2D eigenvalue weighted by molar-refractivity contribution is -0.137. The Bertz CT molecular complexity index is 306. The Morgan fingerprint density at radius 1 is 1.23 bits per heavy atom. The maximum Gasteiger partial charge on any atom is 0.416 e. The average molecular weight is 193 g/mol. The Labute approximate surface area is 72.2 Å². The van der Waals surface area contributed by atoms with E-state index in [4.69, 9.17) is 5.73 Å². The first-order chi connectivity index (χ1) is 5.82. The van der Waals surface area contributed by atoms with Crippen LogP contribution in [0.5, 0.6) is 0 Å². The van der Waals surface area contributed by atoms with E-state index < -0.39 is 17.6 Å². The molecule has 1 aromatic rings. The molecule has 0 aliphatic heterocycles. The van der Waals surface area contributed by atoms with E-state index in [1.54, 1.807) is 0 Å². The molecule has 0 aliphatic carbocycles. The van der Waals surface area contributed by atoms with Gasteiger partial charge in [-0.05, 0) is 24.6 Å². The third-order valence-corrected chi connectivity index (χ3v) is 1.66. The normalized spacial score (nSPS) is 11.8. The molecule has 5 heteroatoms. The van der Waals surface area contributed by atoms with Gasteiger partial charge in [0, 0.05) is 0 Å². The highest BCUT2D eigenvalue weighted by atomic mass is 19.4. The molecule has 0 aliphatic rings. The molecule has 0 fully saturated rings. The van der Waals surface area contributed by atoms with Gasteiger partial charge >= 0.3 is 6.18 Å². The number of nitrogen functional groups attached to an aromatic ring is 1. The quantitative estimate of drug-likeness (QED) is 0.497. The summed E-state index contributed by atoms with van der Waals surface area (Å²) in [6.07, 6.45) is -4.53. The largest absolute Gasteiger partial charge is 0.416 e. The molecule has 0 radical (unpaired) electrons. The molecule has 0 saturated heterocycles. The second kappa shape index (κ2) is 2.90. The highest BCUT2D eigenvalue weighted by Crippen LogP contribution is 2.32. The second-order valence-corrected chi connectivity index (χ2v) is 2.69. The number of rotatable bonds is 0. The first-order valence-electron chi connectivity index (χ1n) is 3.45. The number of hydrogen-bond acceptors (Lipinski definition) is 1. The lowest BCUT2D eigenvalue weighted by Crippen LogP contribution is -2.07. The van der Waals surface area contributed by atoms with E-state index in [9.17, 15) is 17.6 Å². The van der Waals surface area contributed by atoms with Crippen LogP contribution in [0.15, 0.2) is 12.1 Å². The van der Waals surface area contributed by atoms with Gasteiger partial charge in [-0.25, -0.2) is 4.39 Å². The van der Waals surface area contributed by atoms with Crippen molar-refractivity contribution in [2.24, 2.45) is 0 Å². The molecule has 13 heavy (non-hydrogen) atoms. The standard InChI is InChI=1S/C8H7F4N/c1-4-2-5(8(10,11)12)3-6(9)7(4)13/h2-3H,13H2,1H3. The van der Waals surface area contributed by atoms with Crippen LogP contribution in [0.25, 0.3) is 0 Å². The second-order valence-electron chi connectivity index (χ2n) is 2.69. The number of halogens is 4. The van der Waals surface area contributed by atoms with Crippen LogP contribution in [-0.2, 0) is 6.18 Å². The molecule has 0 aromatic heterocycles. The van der Waals surface area contributed by atoms with Crippen LogP contribution >= 0.6 is 0 Å². The van der Waals surface area contributed by atoms with Crippen molar-refractivity contribution in [1.82, 2.24) is 0 Å². The van der Waals surface area contributed by atoms with Gasteiger partial charge in [0.15, 0.2) is 0 Å². The summed E-state index contributed by atoms with van der Waals surface area (Å²) in [6.45, 7) is 1.33. The molecule has 1 rings (SSSR count). The van der Waals surface area contributed by atoms with Crippen LogP contribution in [0.2, 0.25) is 0 Å². The maximum absolute atomic E-state index is 12.7. The average Bonchev–Trinajstić information content (AvgIpc) is 1.97. The lowest BCUT2D eigenvalue weighted by atomic mass is 10.1. The number of hydrogen-bond donors (Lipinski definition) is 1. The first kappa shape index (κ1) is 9.83. The summed E-state index contributed by atoms with van der Waals surface area (Å²) < 4.78 is 49.0. The Hall–Kier alpha value is -1.26. The van der Waals surface area contributed by atoms with Gasteiger partial charge < -0.3 is 5.73 Å². The zero-order valence-electron chi connectivity index (χ0n) is 6.74. The monoisotopic (exact) mass is 193 g/mol. The van der Waals surface area contributed by atoms with Crippen molar-refractivity contribution in [3.63, 3.8) is 0 Å². The van der Waals surface area contributed by atoms with Gasteiger partial charge in [0.05, 0.1) is 11.3 Å². The van der Waals surface area contributed by atoms with E-state index in [-0.39, 0.29) is 11.3 Å². The molecule has 0 unspecified atom stereocenters. The molecule has 1 aromatic carbocycles. The van der Waals surface area contributed by atoms with Crippen molar-refractivity contribution in [1.29, 1.82) is 0 Å². The van der Waals surface area contributed by atoms with Gasteiger partial charge in [-0.1, -0.05) is 0 Å². The fraction of sp³-hybridized carbons (Fsp3) is 0.250. The van der Waals surface area contributed by atoms with E-state index in [2.05, 4.69) is 0 Å². The van der Waals surface area contributed by atoms with Gasteiger partial charge in [0.1, 0.15) is 5.82 Å². The highest BCUT2D eigenvalue weighted by molar-refractivity contribution is 5.49. The number of nitrogens with two attached hydrogens (primary N) is 1. The summed E-state index contributed by atoms with van der Waals surface area (Å²) in [5, 5.41) is 0. The third kappa shape index (κ3) is 1.91. The minimum atomic E-state index is -4.53. The first-order valence-corrected chi connectivity index (χ1v) is 3.45. The molecule has 0 bridgehead atoms. The molecule has 0 spiro atoms. The minimum absolute atomic E-state index is 0.0901. The fourth-order valence-corrected chi connectivity index (χ4v) is 0.919. The molecule has 72 valence electrons. The molecule has 0 heterocycles. The lowest BCUT2D eigenvalue weighted by Gasteiger charge is -2.09. The Morgan fingerprint density at radius 2 is 1.77 bits per heavy atom. The fourth-order valence-electron chi connectivity index (χ4n) is 0.919. The number of anilines is 1. The zero-order chi connectivity index (χ0) is 10.2. The summed E-state index contributed by atoms with van der Waals surface area (Å²) in [5.41, 5.74) is 3.98. The number of alkyl halides is 3. The van der Waals surface area contributed by atoms with Crippen molar-refractivity contribution in [2.45, 2.75) is 13.1 Å². The van der Waals surface area contributed by atoms with Crippen LogP contribution in [-0.4, -0.2) is 0 Å². The number of benzene rings is 1. The minimum Gasteiger partial charge on any atom is -0.396 e. The van der Waals surface area contributed by atoms with Gasteiger partial charge in [-0.15, -0.1) is 0 Å². The van der Waals surface area contributed by atoms with Crippen LogP contribution < -0.4 is 5.73 Å². The number of aryl methyl sites for hydroxylation is 1. The van der Waals surface area contributed by atoms with Gasteiger partial charge in [-0.3, -0.25) is 0 Å². The van der Waals surface area contributed by atoms with E-state index >= 15 is 0 Å². The maximum atomic E-state index is 12.7. The van der Waals surface area contributed by atoms with E-state index in [1.165, 1.54) is 6.92 Å². The van der Waals surface area contributed by atoms with Gasteiger partial charge in [0.2, 0.25) is 0 Å². The van der Waals surface area contributed by atoms with Crippen LogP contribution in [0.1, 0.15) is 11.1 Å². The van der Waals surface area contributed by atoms with Crippen molar-refractivity contribution in [3.05, 3.63) is 29.1 Å². The molecule has 0 atom stereocenters. The Kier molecular flexibility index (Phi) is 2.19. The highest BCUT2D eigenvalue weighted by Gasteiger charge is 2.31. The van der Waals surface area contributed by atoms with Gasteiger partial charge in [-0.2, -0.15) is 13.2 Å². The van der Waals surface area contributed by atoms with Crippen LogP contribution in [0.4, 0.5) is 23.2 Å².